The van der Waals surface area contributed by atoms with Crippen LogP contribution in [0.25, 0.3) is 11.1 Å². The Morgan fingerprint density at radius 1 is 0.449 bits per heavy atom. The van der Waals surface area contributed by atoms with E-state index in [4.69, 9.17) is 4.74 Å². The number of nitrogens with zero attached hydrogens (tertiary/aromatic N) is 2. The highest BCUT2D eigenvalue weighted by molar-refractivity contribution is 5.87. The summed E-state index contributed by atoms with van der Waals surface area (Å²) in [6.07, 6.45) is 4.66. The number of para-hydroxylation sites is 2. The molecule has 0 amide bonds. The Morgan fingerprint density at radius 2 is 0.918 bits per heavy atom. The molecule has 1 heterocycles. The molecule has 1 fully saturated rings. The second-order valence-electron chi connectivity index (χ2n) is 14.3. The largest absolute Gasteiger partial charge is 0.360 e. The Balaban J connectivity index is 1.37. The Hall–Kier alpha value is -5.12. The van der Waals surface area contributed by atoms with E-state index < -0.39 is 0 Å². The highest BCUT2D eigenvalue weighted by Gasteiger charge is 2.50. The maximum atomic E-state index is 6.92. The van der Waals surface area contributed by atoms with Gasteiger partial charge in [-0.15, -0.1) is 0 Å². The molecule has 0 N–H and O–H groups in total. The first-order valence-electron chi connectivity index (χ1n) is 17.6. The van der Waals surface area contributed by atoms with Gasteiger partial charge in [-0.1, -0.05) is 96.8 Å². The fourth-order valence-corrected chi connectivity index (χ4v) is 7.99. The second kappa shape index (κ2) is 12.4. The zero-order valence-corrected chi connectivity index (χ0v) is 29.0. The molecule has 0 atom stereocenters. The maximum Gasteiger partial charge on any atom is 0.0946 e. The SMILES string of the molecule is Cc1ccc(N(c2ccc(C)cc2)c2cc(-c3ccc4c(c3)C(C)(C)OC43CCCC3)cc(N(c3ccccc3)c3ccccc3)c2)cc1. The van der Waals surface area contributed by atoms with Gasteiger partial charge in [0.15, 0.2) is 0 Å². The van der Waals surface area contributed by atoms with Gasteiger partial charge in [-0.25, -0.2) is 0 Å². The van der Waals surface area contributed by atoms with E-state index in [1.165, 1.54) is 46.2 Å². The summed E-state index contributed by atoms with van der Waals surface area (Å²) in [5, 5.41) is 0. The Kier molecular flexibility index (Phi) is 7.89. The summed E-state index contributed by atoms with van der Waals surface area (Å²) >= 11 is 0. The highest BCUT2D eigenvalue weighted by Crippen LogP contribution is 2.55. The van der Waals surface area contributed by atoms with Gasteiger partial charge < -0.3 is 14.5 Å². The van der Waals surface area contributed by atoms with Crippen LogP contribution < -0.4 is 9.80 Å². The summed E-state index contributed by atoms with van der Waals surface area (Å²) in [5.74, 6) is 0. The second-order valence-corrected chi connectivity index (χ2v) is 14.3. The summed E-state index contributed by atoms with van der Waals surface area (Å²) in [6.45, 7) is 8.78. The van der Waals surface area contributed by atoms with Crippen LogP contribution in [0.3, 0.4) is 0 Å². The van der Waals surface area contributed by atoms with Crippen molar-refractivity contribution in [3.05, 3.63) is 168 Å². The molecule has 0 saturated heterocycles. The van der Waals surface area contributed by atoms with Gasteiger partial charge in [0, 0.05) is 34.1 Å². The molecule has 2 aliphatic rings. The minimum absolute atomic E-state index is 0.143. The van der Waals surface area contributed by atoms with Gasteiger partial charge in [0.2, 0.25) is 0 Å². The number of fused-ring (bicyclic) bond motifs is 2. The van der Waals surface area contributed by atoms with Crippen molar-refractivity contribution in [3.63, 3.8) is 0 Å². The maximum absolute atomic E-state index is 6.92. The van der Waals surface area contributed by atoms with Crippen LogP contribution in [0.4, 0.5) is 34.1 Å². The van der Waals surface area contributed by atoms with Crippen molar-refractivity contribution >= 4 is 34.1 Å². The molecule has 0 bridgehead atoms. The van der Waals surface area contributed by atoms with E-state index >= 15 is 0 Å². The minimum atomic E-state index is -0.341. The topological polar surface area (TPSA) is 15.7 Å². The van der Waals surface area contributed by atoms with Gasteiger partial charge in [-0.05, 0) is 136 Å². The fourth-order valence-electron chi connectivity index (χ4n) is 7.99. The smallest absolute Gasteiger partial charge is 0.0946 e. The van der Waals surface area contributed by atoms with E-state index in [1.54, 1.807) is 0 Å². The number of rotatable bonds is 7. The standard InChI is InChI=1S/C46H44N2O/c1-33-17-22-39(23-18-33)48(40-24-19-34(2)20-25-40)42-30-36(35-21-26-43-44(31-35)45(3,4)49-46(43)27-11-12-28-46)29-41(32-42)47(37-13-7-5-8-14-37)38-15-9-6-10-16-38/h5-10,13-26,29-32H,11-12,27-28H2,1-4H3. The third-order valence-corrected chi connectivity index (χ3v) is 10.4. The van der Waals surface area contributed by atoms with Crippen LogP contribution in [0, 0.1) is 13.8 Å². The van der Waals surface area contributed by atoms with Crippen molar-refractivity contribution in [2.24, 2.45) is 0 Å². The molecule has 6 aromatic carbocycles. The molecule has 1 saturated carbocycles. The Morgan fingerprint density at radius 3 is 1.41 bits per heavy atom. The lowest BCUT2D eigenvalue weighted by Gasteiger charge is -2.30. The predicted molar refractivity (Wildman–Crippen MR) is 205 cm³/mol. The first kappa shape index (κ1) is 31.2. The minimum Gasteiger partial charge on any atom is -0.360 e. The molecule has 1 spiro atoms. The van der Waals surface area contributed by atoms with Crippen LogP contribution in [-0.4, -0.2) is 0 Å². The Bertz CT molecular complexity index is 1990. The van der Waals surface area contributed by atoms with Crippen LogP contribution in [0.15, 0.2) is 146 Å². The lowest BCUT2D eigenvalue weighted by atomic mass is 9.85. The quantitative estimate of drug-likeness (QED) is 0.173. The molecule has 1 aliphatic heterocycles. The van der Waals surface area contributed by atoms with E-state index in [9.17, 15) is 0 Å². The van der Waals surface area contributed by atoms with E-state index in [0.29, 0.717) is 0 Å². The molecule has 0 aromatic heterocycles. The van der Waals surface area contributed by atoms with Crippen molar-refractivity contribution in [2.75, 3.05) is 9.80 Å². The third-order valence-electron chi connectivity index (χ3n) is 10.4. The van der Waals surface area contributed by atoms with E-state index in [2.05, 4.69) is 183 Å². The first-order valence-corrected chi connectivity index (χ1v) is 17.6. The van der Waals surface area contributed by atoms with Crippen molar-refractivity contribution in [1.82, 2.24) is 0 Å². The first-order chi connectivity index (χ1) is 23.8. The molecule has 1 aliphatic carbocycles. The lowest BCUT2D eigenvalue weighted by Crippen LogP contribution is -2.25. The summed E-state index contributed by atoms with van der Waals surface area (Å²) in [5.41, 5.74) is 13.7. The number of aryl methyl sites for hydroxylation is 2. The molecule has 8 rings (SSSR count). The van der Waals surface area contributed by atoms with Crippen molar-refractivity contribution in [1.29, 1.82) is 0 Å². The third kappa shape index (κ3) is 5.83. The highest BCUT2D eigenvalue weighted by atomic mass is 16.5. The lowest BCUT2D eigenvalue weighted by molar-refractivity contribution is -0.122. The van der Waals surface area contributed by atoms with Gasteiger partial charge in [-0.2, -0.15) is 0 Å². The molecule has 49 heavy (non-hydrogen) atoms. The average Bonchev–Trinajstić information content (AvgIpc) is 3.68. The van der Waals surface area contributed by atoms with Gasteiger partial charge in [-0.3, -0.25) is 0 Å². The monoisotopic (exact) mass is 640 g/mol. The summed E-state index contributed by atoms with van der Waals surface area (Å²) in [7, 11) is 0. The van der Waals surface area contributed by atoms with Gasteiger partial charge >= 0.3 is 0 Å². The zero-order chi connectivity index (χ0) is 33.6. The van der Waals surface area contributed by atoms with Gasteiger partial charge in [0.25, 0.3) is 0 Å². The van der Waals surface area contributed by atoms with Crippen molar-refractivity contribution < 1.29 is 4.74 Å². The van der Waals surface area contributed by atoms with E-state index in [1.807, 2.05) is 0 Å². The molecular weight excluding hydrogens is 597 g/mol. The number of anilines is 6. The summed E-state index contributed by atoms with van der Waals surface area (Å²) < 4.78 is 6.92. The molecule has 3 nitrogen and oxygen atoms in total. The summed E-state index contributed by atoms with van der Waals surface area (Å²) in [6, 6.07) is 53.2. The zero-order valence-electron chi connectivity index (χ0n) is 29.0. The van der Waals surface area contributed by atoms with Crippen LogP contribution in [-0.2, 0) is 15.9 Å². The normalized spacial score (nSPS) is 15.7. The van der Waals surface area contributed by atoms with Crippen LogP contribution in [0.5, 0.6) is 0 Å². The number of benzene rings is 6. The van der Waals surface area contributed by atoms with Crippen LogP contribution >= 0.6 is 0 Å². The van der Waals surface area contributed by atoms with Gasteiger partial charge in [0.05, 0.1) is 11.2 Å². The number of hydrogen-bond acceptors (Lipinski definition) is 3. The van der Waals surface area contributed by atoms with Crippen LogP contribution in [0.2, 0.25) is 0 Å². The van der Waals surface area contributed by atoms with E-state index in [0.717, 1.165) is 47.0 Å². The average molecular weight is 641 g/mol. The molecule has 6 aromatic rings. The van der Waals surface area contributed by atoms with Crippen LogP contribution in [0.1, 0.15) is 61.8 Å². The molecule has 0 unspecified atom stereocenters. The number of ether oxygens (including phenoxy) is 1. The summed E-state index contributed by atoms with van der Waals surface area (Å²) in [4.78, 5) is 4.75. The molecular formula is C46H44N2O. The molecule has 244 valence electrons. The fraction of sp³-hybridized carbons (Fsp3) is 0.217. The van der Waals surface area contributed by atoms with E-state index in [-0.39, 0.29) is 11.2 Å². The van der Waals surface area contributed by atoms with Gasteiger partial charge in [0.1, 0.15) is 0 Å². The Labute approximate surface area is 291 Å². The molecule has 3 heteroatoms. The predicted octanol–water partition coefficient (Wildman–Crippen LogP) is 12.9. The van der Waals surface area contributed by atoms with Crippen molar-refractivity contribution in [3.8, 4) is 11.1 Å². The van der Waals surface area contributed by atoms with Crippen molar-refractivity contribution in [2.45, 2.75) is 64.6 Å². The molecule has 0 radical (unpaired) electrons. The number of hydrogen-bond donors (Lipinski definition) is 0.